The van der Waals surface area contributed by atoms with Gasteiger partial charge in [0.15, 0.2) is 5.78 Å². The summed E-state index contributed by atoms with van der Waals surface area (Å²) in [5, 5.41) is 5.40. The van der Waals surface area contributed by atoms with E-state index < -0.39 is 9.58 Å². The van der Waals surface area contributed by atoms with E-state index >= 15 is 0 Å². The number of nitrogens with one attached hydrogen (secondary N) is 1. The molecule has 0 atom stereocenters. The molecular formula is C6H6Cl3NO3. The Hall–Kier alpha value is -0.410. The minimum absolute atomic E-state index is 0.309. The van der Waals surface area contributed by atoms with Gasteiger partial charge in [0.1, 0.15) is 5.78 Å². The summed E-state index contributed by atoms with van der Waals surface area (Å²) >= 11 is 15.5. The second kappa shape index (κ2) is 7.04. The molecule has 0 aliphatic rings. The van der Waals surface area contributed by atoms with Crippen LogP contribution in [0.1, 0.15) is 13.3 Å². The number of carbonyl (C=O) groups is 2. The van der Waals surface area contributed by atoms with Crippen LogP contribution in [0.2, 0.25) is 0 Å². The maximum absolute atomic E-state index is 10.7. The summed E-state index contributed by atoms with van der Waals surface area (Å²) in [5.41, 5.74) is 0. The van der Waals surface area contributed by atoms with Gasteiger partial charge in [-0.3, -0.25) is 9.59 Å². The minimum Gasteiger partial charge on any atom is -0.300 e. The zero-order valence-corrected chi connectivity index (χ0v) is 8.83. The molecule has 0 heterocycles. The van der Waals surface area contributed by atoms with Crippen molar-refractivity contribution in [2.24, 2.45) is 0 Å². The highest BCUT2D eigenvalue weighted by molar-refractivity contribution is 6.76. The zero-order valence-electron chi connectivity index (χ0n) is 6.57. The Bertz CT molecular complexity index is 228. The van der Waals surface area contributed by atoms with Crippen molar-refractivity contribution in [1.29, 1.82) is 5.41 Å². The van der Waals surface area contributed by atoms with Gasteiger partial charge in [-0.25, -0.2) is 10.2 Å². The number of carbonyl (C=O) groups excluding carboxylic acids is 3. The van der Waals surface area contributed by atoms with Crippen molar-refractivity contribution in [3.8, 4) is 0 Å². The van der Waals surface area contributed by atoms with E-state index in [9.17, 15) is 9.59 Å². The topological polar surface area (TPSA) is 75.1 Å². The fourth-order valence-electron chi connectivity index (χ4n) is 0.326. The molecule has 0 rings (SSSR count). The highest BCUT2D eigenvalue weighted by atomic mass is 35.6. The van der Waals surface area contributed by atoms with Gasteiger partial charge in [-0.2, -0.15) is 0 Å². The molecule has 0 aromatic carbocycles. The molecule has 0 aromatic heterocycles. The largest absolute Gasteiger partial charge is 0.300 e. The summed E-state index contributed by atoms with van der Waals surface area (Å²) in [5.74, 6) is -0.999. The van der Waals surface area contributed by atoms with Crippen LogP contribution in [-0.4, -0.2) is 21.4 Å². The summed E-state index contributed by atoms with van der Waals surface area (Å²) in [6.45, 7) is 1.26. The summed E-state index contributed by atoms with van der Waals surface area (Å²) < 4.78 is -1.95. The van der Waals surface area contributed by atoms with Gasteiger partial charge >= 0.3 is 0 Å². The first-order chi connectivity index (χ1) is 5.75. The van der Waals surface area contributed by atoms with E-state index in [1.165, 1.54) is 6.92 Å². The number of hydrogen-bond acceptors (Lipinski definition) is 4. The Morgan fingerprint density at radius 2 is 1.69 bits per heavy atom. The Kier molecular flexibility index (Phi) is 8.16. The molecule has 0 unspecified atom stereocenters. The third kappa shape index (κ3) is 11.6. The molecule has 0 aliphatic carbocycles. The van der Waals surface area contributed by atoms with Crippen LogP contribution in [0.15, 0.2) is 0 Å². The number of hydrogen-bond donors (Lipinski definition) is 1. The number of ketones is 2. The van der Waals surface area contributed by atoms with Crippen molar-refractivity contribution < 1.29 is 14.4 Å². The maximum Gasteiger partial charge on any atom is 0.249 e. The molecule has 0 aliphatic heterocycles. The van der Waals surface area contributed by atoms with Crippen LogP contribution in [0.4, 0.5) is 0 Å². The predicted molar refractivity (Wildman–Crippen MR) is 49.0 cm³/mol. The predicted octanol–water partition coefficient (Wildman–Crippen LogP) is 1.81. The van der Waals surface area contributed by atoms with E-state index in [4.69, 9.17) is 45.0 Å². The van der Waals surface area contributed by atoms with Crippen molar-refractivity contribution in [3.05, 3.63) is 0 Å². The van der Waals surface area contributed by atoms with Crippen LogP contribution in [0, 0.1) is 5.41 Å². The van der Waals surface area contributed by atoms with Crippen LogP contribution in [0.25, 0.3) is 0 Å². The molecule has 0 spiro atoms. The van der Waals surface area contributed by atoms with Gasteiger partial charge < -0.3 is 0 Å². The van der Waals surface area contributed by atoms with Crippen LogP contribution in [0.3, 0.4) is 0 Å². The van der Waals surface area contributed by atoms with Crippen LogP contribution >= 0.6 is 34.8 Å². The fourth-order valence-corrected chi connectivity index (χ4v) is 0.527. The van der Waals surface area contributed by atoms with Gasteiger partial charge in [-0.15, -0.1) is 0 Å². The van der Waals surface area contributed by atoms with Crippen LogP contribution in [0.5, 0.6) is 0 Å². The molecule has 0 fully saturated rings. The molecule has 13 heavy (non-hydrogen) atoms. The normalized spacial score (nSPS) is 9.23. The molecule has 0 radical (unpaired) electrons. The van der Waals surface area contributed by atoms with Gasteiger partial charge in [0.2, 0.25) is 9.87 Å². The second-order valence-electron chi connectivity index (χ2n) is 1.90. The molecule has 1 N–H and O–H groups in total. The van der Waals surface area contributed by atoms with Crippen molar-refractivity contribution in [3.63, 3.8) is 0 Å². The third-order valence-corrected chi connectivity index (χ3v) is 1.36. The fraction of sp³-hybridized carbons (Fsp3) is 0.500. The van der Waals surface area contributed by atoms with Crippen LogP contribution < -0.4 is 0 Å². The number of isocyanates is 1. The lowest BCUT2D eigenvalue weighted by Gasteiger charge is -2.06. The van der Waals surface area contributed by atoms with E-state index in [0.717, 1.165) is 6.08 Å². The first-order valence-corrected chi connectivity index (χ1v) is 4.02. The molecular weight excluding hydrogens is 240 g/mol. The lowest BCUT2D eigenvalue weighted by molar-refractivity contribution is -0.125. The Morgan fingerprint density at radius 1 is 1.38 bits per heavy atom. The molecule has 0 amide bonds. The second-order valence-corrected chi connectivity index (χ2v) is 4.18. The molecule has 7 heteroatoms. The Labute approximate surface area is 89.6 Å². The Morgan fingerprint density at radius 3 is 1.77 bits per heavy atom. The number of halogens is 3. The molecule has 4 nitrogen and oxygen atoms in total. The van der Waals surface area contributed by atoms with Gasteiger partial charge in [0.25, 0.3) is 0 Å². The number of Topliss-reactive ketones (excluding diaryl/α,β-unsaturated/α-hetero) is 2. The van der Waals surface area contributed by atoms with Crippen LogP contribution in [-0.2, 0) is 14.4 Å². The first kappa shape index (κ1) is 15.1. The van der Waals surface area contributed by atoms with E-state index in [1.807, 2.05) is 0 Å². The molecule has 0 aromatic rings. The molecule has 0 bridgehead atoms. The smallest absolute Gasteiger partial charge is 0.249 e. The lowest BCUT2D eigenvalue weighted by atomic mass is 10.2. The highest BCUT2D eigenvalue weighted by Crippen LogP contribution is 2.28. The van der Waals surface area contributed by atoms with Gasteiger partial charge in [-0.1, -0.05) is 34.8 Å². The summed E-state index contributed by atoms with van der Waals surface area (Å²) in [6.07, 6.45) is 0.427. The quantitative estimate of drug-likeness (QED) is 0.349. The van der Waals surface area contributed by atoms with E-state index in [-0.39, 0.29) is 12.2 Å². The first-order valence-electron chi connectivity index (χ1n) is 2.89. The summed E-state index contributed by atoms with van der Waals surface area (Å²) in [4.78, 5) is 29.3. The van der Waals surface area contributed by atoms with Gasteiger partial charge in [0, 0.05) is 0 Å². The third-order valence-electron chi connectivity index (χ3n) is 0.726. The molecule has 0 saturated heterocycles. The Balaban J connectivity index is 0. The average Bonchev–Trinajstić information content (AvgIpc) is 1.85. The number of rotatable bonds is 2. The SMILES string of the molecule is CC(=O)CC(=O)C(Cl)(Cl)Cl.N=C=O. The molecule has 74 valence electrons. The standard InChI is InChI=1S/C5H5Cl3O2.CHNO/c1-3(9)2-4(10)5(6,7)8;2-1-3/h2H2,1H3;2H. The number of alkyl halides is 3. The lowest BCUT2D eigenvalue weighted by Crippen LogP contribution is -2.20. The van der Waals surface area contributed by atoms with E-state index in [0.29, 0.717) is 0 Å². The van der Waals surface area contributed by atoms with Crippen molar-refractivity contribution in [1.82, 2.24) is 0 Å². The van der Waals surface area contributed by atoms with Crippen molar-refractivity contribution in [2.45, 2.75) is 17.1 Å². The zero-order chi connectivity index (χ0) is 11.1. The van der Waals surface area contributed by atoms with E-state index in [2.05, 4.69) is 0 Å². The van der Waals surface area contributed by atoms with Crippen molar-refractivity contribution >= 4 is 52.4 Å². The van der Waals surface area contributed by atoms with Gasteiger partial charge in [0.05, 0.1) is 6.42 Å². The minimum atomic E-state index is -1.95. The summed E-state index contributed by atoms with van der Waals surface area (Å²) in [7, 11) is 0. The van der Waals surface area contributed by atoms with E-state index in [1.54, 1.807) is 0 Å². The summed E-state index contributed by atoms with van der Waals surface area (Å²) in [6, 6.07) is 0. The van der Waals surface area contributed by atoms with Gasteiger partial charge in [-0.05, 0) is 6.92 Å². The average molecular weight is 246 g/mol. The molecule has 0 saturated carbocycles. The highest BCUT2D eigenvalue weighted by Gasteiger charge is 2.30. The monoisotopic (exact) mass is 245 g/mol. The van der Waals surface area contributed by atoms with Crippen molar-refractivity contribution in [2.75, 3.05) is 0 Å². The maximum atomic E-state index is 10.7.